The predicted octanol–water partition coefficient (Wildman–Crippen LogP) is 1.93. The molecule has 0 unspecified atom stereocenters. The average Bonchev–Trinajstić information content (AvgIpc) is 3.29. The van der Waals surface area contributed by atoms with Crippen molar-refractivity contribution in [2.45, 2.75) is 18.5 Å². The number of nitrogens with zero attached hydrogens (tertiary/aromatic N) is 5. The van der Waals surface area contributed by atoms with Gasteiger partial charge in [0, 0.05) is 18.8 Å². The van der Waals surface area contributed by atoms with Crippen molar-refractivity contribution in [1.29, 1.82) is 0 Å². The molecule has 0 bridgehead atoms. The van der Waals surface area contributed by atoms with Crippen LogP contribution in [-0.4, -0.2) is 37.8 Å². The lowest BCUT2D eigenvalue weighted by Crippen LogP contribution is -2.28. The van der Waals surface area contributed by atoms with Crippen molar-refractivity contribution in [3.05, 3.63) is 48.0 Å². The molecule has 0 aliphatic carbocycles. The Hall–Kier alpha value is -3.03. The number of hydrogen-bond acceptors (Lipinski definition) is 6. The lowest BCUT2D eigenvalue weighted by Gasteiger charge is -2.31. The molecule has 5 rings (SSSR count). The minimum Gasteiger partial charge on any atom is -0.486 e. The summed E-state index contributed by atoms with van der Waals surface area (Å²) < 4.78 is 15.1. The molecule has 8 nitrogen and oxygen atoms in total. The Kier molecular flexibility index (Phi) is 3.16. The molecule has 0 saturated heterocycles. The summed E-state index contributed by atoms with van der Waals surface area (Å²) in [5.41, 5.74) is 2.27. The second-order valence-electron chi connectivity index (χ2n) is 6.33. The Balaban J connectivity index is 1.51. The summed E-state index contributed by atoms with van der Waals surface area (Å²) in [6.45, 7) is 1.18. The molecule has 1 aromatic carbocycles. The van der Waals surface area contributed by atoms with Crippen LogP contribution in [0.15, 0.2) is 36.9 Å². The molecule has 0 fully saturated rings. The van der Waals surface area contributed by atoms with Crippen LogP contribution in [0.4, 0.5) is 5.95 Å². The Bertz CT molecular complexity index is 918. The highest BCUT2D eigenvalue weighted by Crippen LogP contribution is 2.40. The first-order chi connectivity index (χ1) is 12.3. The fourth-order valence-electron chi connectivity index (χ4n) is 3.50. The van der Waals surface area contributed by atoms with Gasteiger partial charge in [0.15, 0.2) is 11.5 Å². The molecule has 3 aromatic rings. The van der Waals surface area contributed by atoms with Crippen molar-refractivity contribution >= 4 is 5.95 Å². The van der Waals surface area contributed by atoms with E-state index in [4.69, 9.17) is 9.47 Å². The Labute approximate surface area is 144 Å². The van der Waals surface area contributed by atoms with Crippen LogP contribution in [0, 0.1) is 0 Å². The van der Waals surface area contributed by atoms with Crippen LogP contribution < -0.4 is 14.8 Å². The predicted molar refractivity (Wildman–Crippen MR) is 89.8 cm³/mol. The van der Waals surface area contributed by atoms with Crippen LogP contribution in [0.3, 0.4) is 0 Å². The molecule has 25 heavy (non-hydrogen) atoms. The van der Waals surface area contributed by atoms with Crippen molar-refractivity contribution < 1.29 is 9.47 Å². The Morgan fingerprint density at radius 2 is 2.00 bits per heavy atom. The number of benzene rings is 1. The lowest BCUT2D eigenvalue weighted by molar-refractivity contribution is 0.171. The molecule has 0 amide bonds. The third-order valence-corrected chi connectivity index (χ3v) is 4.71. The molecule has 0 spiro atoms. The van der Waals surface area contributed by atoms with E-state index < -0.39 is 0 Å². The maximum atomic E-state index is 5.72. The summed E-state index contributed by atoms with van der Waals surface area (Å²) in [6.07, 6.45) is 6.35. The largest absolute Gasteiger partial charge is 0.486 e. The molecule has 0 radical (unpaired) electrons. The normalized spacial score (nSPS) is 21.5. The summed E-state index contributed by atoms with van der Waals surface area (Å²) in [6, 6.07) is 6.31. The first kappa shape index (κ1) is 14.3. The number of hydrogen-bond donors (Lipinski definition) is 1. The molecule has 2 atom stereocenters. The minimum absolute atomic E-state index is 0.0886. The molecule has 2 aliphatic heterocycles. The fourth-order valence-corrected chi connectivity index (χ4v) is 3.50. The molecule has 128 valence electrons. The van der Waals surface area contributed by atoms with Gasteiger partial charge in [0.2, 0.25) is 5.95 Å². The smallest absolute Gasteiger partial charge is 0.222 e. The van der Waals surface area contributed by atoms with Crippen LogP contribution in [0.1, 0.15) is 29.6 Å². The van der Waals surface area contributed by atoms with E-state index >= 15 is 0 Å². The zero-order valence-electron chi connectivity index (χ0n) is 13.8. The molecule has 2 aliphatic rings. The fraction of sp³-hybridized carbons (Fsp3) is 0.353. The molecule has 2 aromatic heterocycles. The standard InChI is InChI=1S/C17H18N6O2/c1-22-9-12(8-19-22)14-7-13(21-17-18-10-20-23(14)17)11-2-3-15-16(6-11)25-5-4-24-15/h2-3,6,8-10,13-14H,4-5,7H2,1H3,(H,18,20,21)/t13-,14-/m1/s1. The molecule has 4 heterocycles. The number of nitrogens with one attached hydrogen (secondary N) is 1. The highest BCUT2D eigenvalue weighted by atomic mass is 16.6. The third kappa shape index (κ3) is 2.41. The second kappa shape index (κ2) is 5.51. The second-order valence-corrected chi connectivity index (χ2v) is 6.33. The van der Waals surface area contributed by atoms with E-state index in [1.165, 1.54) is 0 Å². The van der Waals surface area contributed by atoms with Gasteiger partial charge >= 0.3 is 0 Å². The molecular formula is C17H18N6O2. The van der Waals surface area contributed by atoms with Crippen molar-refractivity contribution in [1.82, 2.24) is 24.5 Å². The van der Waals surface area contributed by atoms with E-state index in [1.54, 1.807) is 6.33 Å². The van der Waals surface area contributed by atoms with Gasteiger partial charge in [-0.15, -0.1) is 0 Å². The van der Waals surface area contributed by atoms with Gasteiger partial charge < -0.3 is 14.8 Å². The first-order valence-corrected chi connectivity index (χ1v) is 8.32. The highest BCUT2D eigenvalue weighted by Gasteiger charge is 2.31. The van der Waals surface area contributed by atoms with Gasteiger partial charge in [-0.2, -0.15) is 15.2 Å². The van der Waals surface area contributed by atoms with Crippen molar-refractivity contribution in [3.63, 3.8) is 0 Å². The Morgan fingerprint density at radius 1 is 1.12 bits per heavy atom. The van der Waals surface area contributed by atoms with Gasteiger partial charge in [-0.25, -0.2) is 4.68 Å². The van der Waals surface area contributed by atoms with Crippen LogP contribution in [0.2, 0.25) is 0 Å². The van der Waals surface area contributed by atoms with Crippen LogP contribution in [0.25, 0.3) is 0 Å². The van der Waals surface area contributed by atoms with Crippen molar-refractivity contribution in [2.24, 2.45) is 7.05 Å². The summed E-state index contributed by atoms with van der Waals surface area (Å²) in [7, 11) is 1.92. The van der Waals surface area contributed by atoms with Crippen molar-refractivity contribution in [2.75, 3.05) is 18.5 Å². The van der Waals surface area contributed by atoms with E-state index in [2.05, 4.69) is 32.6 Å². The maximum absolute atomic E-state index is 5.72. The van der Waals surface area contributed by atoms with E-state index in [9.17, 15) is 0 Å². The topological polar surface area (TPSA) is 79.0 Å². The Morgan fingerprint density at radius 3 is 2.84 bits per heavy atom. The lowest BCUT2D eigenvalue weighted by atomic mass is 9.94. The van der Waals surface area contributed by atoms with Gasteiger partial charge in [0.05, 0.1) is 18.3 Å². The summed E-state index contributed by atoms with van der Waals surface area (Å²) in [4.78, 5) is 4.36. The van der Waals surface area contributed by atoms with Gasteiger partial charge in [0.25, 0.3) is 0 Å². The minimum atomic E-state index is 0.0886. The van der Waals surface area contributed by atoms with E-state index in [-0.39, 0.29) is 12.1 Å². The molecule has 8 heteroatoms. The molecule has 0 saturated carbocycles. The van der Waals surface area contributed by atoms with Crippen LogP contribution in [-0.2, 0) is 7.05 Å². The van der Waals surface area contributed by atoms with E-state index in [0.29, 0.717) is 13.2 Å². The zero-order chi connectivity index (χ0) is 16.8. The number of rotatable bonds is 2. The van der Waals surface area contributed by atoms with Crippen LogP contribution in [0.5, 0.6) is 11.5 Å². The van der Waals surface area contributed by atoms with Gasteiger partial charge in [-0.1, -0.05) is 6.07 Å². The SMILES string of the molecule is Cn1cc([C@H]2C[C@H](c3ccc4c(c3)OCCO4)Nc3ncnn32)cn1. The number of aromatic nitrogens is 5. The molecule has 1 N–H and O–H groups in total. The number of aryl methyl sites for hydroxylation is 1. The zero-order valence-corrected chi connectivity index (χ0v) is 13.8. The number of anilines is 1. The quantitative estimate of drug-likeness (QED) is 0.769. The summed E-state index contributed by atoms with van der Waals surface area (Å²) in [5.74, 6) is 2.37. The maximum Gasteiger partial charge on any atom is 0.222 e. The number of fused-ring (bicyclic) bond motifs is 2. The van der Waals surface area contributed by atoms with E-state index in [0.717, 1.165) is 35.0 Å². The van der Waals surface area contributed by atoms with Gasteiger partial charge in [0.1, 0.15) is 19.5 Å². The summed E-state index contributed by atoms with van der Waals surface area (Å²) in [5, 5.41) is 12.2. The monoisotopic (exact) mass is 338 g/mol. The van der Waals surface area contributed by atoms with Crippen LogP contribution >= 0.6 is 0 Å². The summed E-state index contributed by atoms with van der Waals surface area (Å²) >= 11 is 0. The first-order valence-electron chi connectivity index (χ1n) is 8.32. The highest BCUT2D eigenvalue weighted by molar-refractivity contribution is 5.47. The van der Waals surface area contributed by atoms with Gasteiger partial charge in [-0.05, 0) is 24.1 Å². The van der Waals surface area contributed by atoms with E-state index in [1.807, 2.05) is 34.9 Å². The molecular weight excluding hydrogens is 320 g/mol. The van der Waals surface area contributed by atoms with Gasteiger partial charge in [-0.3, -0.25) is 4.68 Å². The van der Waals surface area contributed by atoms with Crippen molar-refractivity contribution in [3.8, 4) is 11.5 Å². The third-order valence-electron chi connectivity index (χ3n) is 4.71. The number of ether oxygens (including phenoxy) is 2. The average molecular weight is 338 g/mol.